The second-order valence-corrected chi connectivity index (χ2v) is 3.97. The average molecular weight is 242 g/mol. The fourth-order valence-electron chi connectivity index (χ4n) is 1.26. The Morgan fingerprint density at radius 2 is 2.06 bits per heavy atom. The van der Waals surface area contributed by atoms with Crippen LogP contribution in [-0.2, 0) is 9.53 Å². The van der Waals surface area contributed by atoms with E-state index in [1.807, 2.05) is 18.4 Å². The zero-order valence-corrected chi connectivity index (χ0v) is 9.74. The first kappa shape index (κ1) is 13.0. The van der Waals surface area contributed by atoms with Crippen LogP contribution < -0.4 is 0 Å². The van der Waals surface area contributed by atoms with E-state index in [1.54, 1.807) is 23.9 Å². The van der Waals surface area contributed by atoms with Crippen molar-refractivity contribution in [2.75, 3.05) is 19.5 Å². The van der Waals surface area contributed by atoms with Crippen molar-refractivity contribution in [2.45, 2.75) is 11.0 Å². The van der Waals surface area contributed by atoms with E-state index >= 15 is 0 Å². The van der Waals surface area contributed by atoms with Crippen LogP contribution in [0.4, 0.5) is 0 Å². The Balaban J connectivity index is 2.79. The number of ether oxygens (including phenoxy) is 1. The molecule has 0 amide bonds. The summed E-state index contributed by atoms with van der Waals surface area (Å²) in [7, 11) is 0. The molecule has 0 aliphatic heterocycles. The highest BCUT2D eigenvalue weighted by atomic mass is 32.2. The molecule has 0 aromatic heterocycles. The minimum Gasteiger partial charge on any atom is -0.479 e. The third-order valence-electron chi connectivity index (χ3n) is 2.02. The summed E-state index contributed by atoms with van der Waals surface area (Å²) < 4.78 is 5.06. The van der Waals surface area contributed by atoms with Crippen LogP contribution in [0.2, 0.25) is 0 Å². The normalized spacial score (nSPS) is 12.4. The lowest BCUT2D eigenvalue weighted by Gasteiger charge is -2.13. The van der Waals surface area contributed by atoms with Crippen LogP contribution in [0.25, 0.3) is 0 Å². The van der Waals surface area contributed by atoms with Gasteiger partial charge in [-0.25, -0.2) is 4.79 Å². The maximum Gasteiger partial charge on any atom is 0.337 e. The number of thioether (sulfide) groups is 1. The summed E-state index contributed by atoms with van der Waals surface area (Å²) in [6.45, 7) is -0.173. The summed E-state index contributed by atoms with van der Waals surface area (Å²) in [6, 6.07) is 7.14. The number of benzene rings is 1. The zero-order chi connectivity index (χ0) is 12.0. The molecule has 1 rings (SSSR count). The Bertz CT molecular complexity index is 336. The molecule has 1 unspecified atom stereocenters. The quantitative estimate of drug-likeness (QED) is 0.741. The fraction of sp³-hybridized carbons (Fsp3) is 0.364. The lowest BCUT2D eigenvalue weighted by atomic mass is 10.1. The Morgan fingerprint density at radius 1 is 1.44 bits per heavy atom. The minimum atomic E-state index is -1.05. The van der Waals surface area contributed by atoms with Crippen molar-refractivity contribution in [3.63, 3.8) is 0 Å². The van der Waals surface area contributed by atoms with E-state index in [1.165, 1.54) is 0 Å². The van der Waals surface area contributed by atoms with Gasteiger partial charge in [0, 0.05) is 4.90 Å². The van der Waals surface area contributed by atoms with Gasteiger partial charge in [0.2, 0.25) is 0 Å². The molecule has 16 heavy (non-hydrogen) atoms. The smallest absolute Gasteiger partial charge is 0.337 e. The van der Waals surface area contributed by atoms with Crippen molar-refractivity contribution in [1.29, 1.82) is 0 Å². The molecule has 0 aliphatic carbocycles. The van der Waals surface area contributed by atoms with E-state index < -0.39 is 12.1 Å². The minimum absolute atomic E-state index is 0.0151. The number of hydrogen-bond acceptors (Lipinski definition) is 4. The first-order chi connectivity index (χ1) is 7.69. The number of rotatable bonds is 6. The first-order valence-electron chi connectivity index (χ1n) is 4.78. The monoisotopic (exact) mass is 242 g/mol. The van der Waals surface area contributed by atoms with Crippen molar-refractivity contribution < 1.29 is 19.7 Å². The van der Waals surface area contributed by atoms with Gasteiger partial charge in [0.25, 0.3) is 0 Å². The van der Waals surface area contributed by atoms with Gasteiger partial charge in [0.1, 0.15) is 0 Å². The lowest BCUT2D eigenvalue weighted by Crippen LogP contribution is -2.17. The Hall–Kier alpha value is -1.04. The molecule has 0 heterocycles. The molecule has 0 saturated heterocycles. The average Bonchev–Trinajstić information content (AvgIpc) is 2.30. The van der Waals surface area contributed by atoms with Gasteiger partial charge in [-0.2, -0.15) is 0 Å². The molecule has 4 nitrogen and oxygen atoms in total. The van der Waals surface area contributed by atoms with E-state index in [0.717, 1.165) is 4.90 Å². The predicted octanol–water partition coefficient (Wildman–Crippen LogP) is 1.54. The van der Waals surface area contributed by atoms with Gasteiger partial charge < -0.3 is 14.9 Å². The largest absolute Gasteiger partial charge is 0.479 e. The van der Waals surface area contributed by atoms with Gasteiger partial charge >= 0.3 is 5.97 Å². The van der Waals surface area contributed by atoms with Crippen molar-refractivity contribution >= 4 is 17.7 Å². The van der Waals surface area contributed by atoms with Crippen LogP contribution in [-0.4, -0.2) is 35.7 Å². The molecule has 0 spiro atoms. The van der Waals surface area contributed by atoms with E-state index in [4.69, 9.17) is 14.9 Å². The van der Waals surface area contributed by atoms with Crippen molar-refractivity contribution in [3.8, 4) is 0 Å². The van der Waals surface area contributed by atoms with Crippen LogP contribution >= 0.6 is 11.8 Å². The second kappa shape index (κ2) is 6.52. The van der Waals surface area contributed by atoms with Crippen molar-refractivity contribution in [2.24, 2.45) is 0 Å². The maximum absolute atomic E-state index is 10.9. The Kier molecular flexibility index (Phi) is 5.31. The Labute approximate surface area is 98.2 Å². The van der Waals surface area contributed by atoms with Crippen LogP contribution in [0.3, 0.4) is 0 Å². The standard InChI is InChI=1S/C11H14O4S/c1-16-9-4-2-8(3-5-9)10(11(13)14)15-7-6-12/h2-5,10,12H,6-7H2,1H3,(H,13,14). The second-order valence-electron chi connectivity index (χ2n) is 3.09. The molecular formula is C11H14O4S. The van der Waals surface area contributed by atoms with Crippen molar-refractivity contribution in [3.05, 3.63) is 29.8 Å². The summed E-state index contributed by atoms with van der Waals surface area (Å²) in [6.07, 6.45) is 0.939. The van der Waals surface area contributed by atoms with Crippen LogP contribution in [0.5, 0.6) is 0 Å². The maximum atomic E-state index is 10.9. The number of aliphatic carboxylic acids is 1. The molecular weight excluding hydrogens is 228 g/mol. The zero-order valence-electron chi connectivity index (χ0n) is 8.92. The molecule has 1 aromatic rings. The van der Waals surface area contributed by atoms with Gasteiger partial charge in [-0.15, -0.1) is 11.8 Å². The highest BCUT2D eigenvalue weighted by Crippen LogP contribution is 2.21. The summed E-state index contributed by atoms with van der Waals surface area (Å²) in [5.74, 6) is -1.05. The SMILES string of the molecule is CSc1ccc(C(OCCO)C(=O)O)cc1. The van der Waals surface area contributed by atoms with E-state index in [9.17, 15) is 4.79 Å². The first-order valence-corrected chi connectivity index (χ1v) is 6.00. The van der Waals surface area contributed by atoms with Gasteiger partial charge in [-0.05, 0) is 24.0 Å². The molecule has 5 heteroatoms. The predicted molar refractivity (Wildman–Crippen MR) is 61.6 cm³/mol. The number of carboxylic acids is 1. The van der Waals surface area contributed by atoms with Crippen LogP contribution in [0.1, 0.15) is 11.7 Å². The molecule has 2 N–H and O–H groups in total. The highest BCUT2D eigenvalue weighted by Gasteiger charge is 2.19. The number of aliphatic hydroxyl groups is 1. The highest BCUT2D eigenvalue weighted by molar-refractivity contribution is 7.98. The number of carbonyl (C=O) groups is 1. The molecule has 0 fully saturated rings. The molecule has 0 radical (unpaired) electrons. The van der Waals surface area contributed by atoms with Gasteiger partial charge in [0.05, 0.1) is 13.2 Å². The summed E-state index contributed by atoms with van der Waals surface area (Å²) in [4.78, 5) is 12.0. The fourth-order valence-corrected chi connectivity index (χ4v) is 1.67. The molecule has 0 saturated carbocycles. The van der Waals surface area contributed by atoms with Crippen LogP contribution in [0, 0.1) is 0 Å². The lowest BCUT2D eigenvalue weighted by molar-refractivity contribution is -0.151. The van der Waals surface area contributed by atoms with Crippen LogP contribution in [0.15, 0.2) is 29.2 Å². The Morgan fingerprint density at radius 3 is 2.50 bits per heavy atom. The number of carboxylic acid groups (broad SMARTS) is 1. The topological polar surface area (TPSA) is 66.8 Å². The van der Waals surface area contributed by atoms with E-state index in [2.05, 4.69) is 0 Å². The van der Waals surface area contributed by atoms with Gasteiger partial charge in [-0.3, -0.25) is 0 Å². The number of aliphatic hydroxyl groups excluding tert-OH is 1. The molecule has 1 aromatic carbocycles. The third-order valence-corrected chi connectivity index (χ3v) is 2.76. The van der Waals surface area contributed by atoms with E-state index in [0.29, 0.717) is 5.56 Å². The molecule has 0 aliphatic rings. The van der Waals surface area contributed by atoms with Gasteiger partial charge in [0.15, 0.2) is 6.10 Å². The third kappa shape index (κ3) is 3.52. The molecule has 0 bridgehead atoms. The summed E-state index contributed by atoms with van der Waals surface area (Å²) >= 11 is 1.59. The summed E-state index contributed by atoms with van der Waals surface area (Å²) in [5, 5.41) is 17.6. The molecule has 88 valence electrons. The number of hydrogen-bond donors (Lipinski definition) is 2. The van der Waals surface area contributed by atoms with Crippen molar-refractivity contribution in [1.82, 2.24) is 0 Å². The summed E-state index contributed by atoms with van der Waals surface area (Å²) in [5.41, 5.74) is 0.582. The molecule has 1 atom stereocenters. The van der Waals surface area contributed by atoms with Gasteiger partial charge in [-0.1, -0.05) is 12.1 Å². The van der Waals surface area contributed by atoms with E-state index in [-0.39, 0.29) is 13.2 Å².